The van der Waals surface area contributed by atoms with E-state index in [1.54, 1.807) is 14.2 Å². The van der Waals surface area contributed by atoms with Crippen molar-refractivity contribution in [3.63, 3.8) is 0 Å². The van der Waals surface area contributed by atoms with Gasteiger partial charge in [-0.25, -0.2) is 0 Å². The van der Waals surface area contributed by atoms with Gasteiger partial charge in [0, 0.05) is 12.6 Å². The van der Waals surface area contributed by atoms with Gasteiger partial charge in [-0.1, -0.05) is 19.9 Å². The number of ether oxygens (including phenoxy) is 2. The SMILES string of the molecule is COc1ccc(CNC(C)C)cc1OC.Cl. The molecule has 0 aromatic heterocycles. The van der Waals surface area contributed by atoms with E-state index in [1.165, 1.54) is 5.56 Å². The Kier molecular flexibility index (Phi) is 6.93. The molecule has 1 rings (SSSR count). The van der Waals surface area contributed by atoms with E-state index in [-0.39, 0.29) is 12.4 Å². The topological polar surface area (TPSA) is 30.5 Å². The third-order valence-electron chi connectivity index (χ3n) is 2.16. The number of benzene rings is 1. The van der Waals surface area contributed by atoms with Crippen molar-refractivity contribution in [3.05, 3.63) is 23.8 Å². The zero-order valence-electron chi connectivity index (χ0n) is 10.2. The van der Waals surface area contributed by atoms with Crippen molar-refractivity contribution >= 4 is 12.4 Å². The molecule has 0 aliphatic heterocycles. The molecule has 16 heavy (non-hydrogen) atoms. The van der Waals surface area contributed by atoms with E-state index in [0.717, 1.165) is 18.0 Å². The van der Waals surface area contributed by atoms with Gasteiger partial charge in [-0.15, -0.1) is 12.4 Å². The monoisotopic (exact) mass is 245 g/mol. The molecule has 0 saturated heterocycles. The number of hydrogen-bond acceptors (Lipinski definition) is 3. The molecule has 0 aliphatic rings. The third kappa shape index (κ3) is 4.29. The molecular weight excluding hydrogens is 226 g/mol. The first-order chi connectivity index (χ1) is 7.17. The molecule has 1 aromatic carbocycles. The highest BCUT2D eigenvalue weighted by Crippen LogP contribution is 2.27. The zero-order valence-corrected chi connectivity index (χ0v) is 11.1. The molecular formula is C12H20ClNO2. The number of hydrogen-bond donors (Lipinski definition) is 1. The lowest BCUT2D eigenvalue weighted by Crippen LogP contribution is -2.21. The van der Waals surface area contributed by atoms with Crippen molar-refractivity contribution < 1.29 is 9.47 Å². The first kappa shape index (κ1) is 15.1. The van der Waals surface area contributed by atoms with Gasteiger partial charge < -0.3 is 14.8 Å². The lowest BCUT2D eigenvalue weighted by atomic mass is 10.2. The molecule has 3 nitrogen and oxygen atoms in total. The normalized spacial score (nSPS) is 9.81. The fourth-order valence-corrected chi connectivity index (χ4v) is 1.31. The van der Waals surface area contributed by atoms with Crippen LogP contribution in [0.25, 0.3) is 0 Å². The summed E-state index contributed by atoms with van der Waals surface area (Å²) in [4.78, 5) is 0. The Labute approximate surface area is 104 Å². The van der Waals surface area contributed by atoms with Gasteiger partial charge in [0.05, 0.1) is 14.2 Å². The summed E-state index contributed by atoms with van der Waals surface area (Å²) >= 11 is 0. The van der Waals surface area contributed by atoms with Crippen molar-refractivity contribution in [3.8, 4) is 11.5 Å². The van der Waals surface area contributed by atoms with Crippen LogP contribution in [0.2, 0.25) is 0 Å². The van der Waals surface area contributed by atoms with Gasteiger partial charge in [0.1, 0.15) is 0 Å². The quantitative estimate of drug-likeness (QED) is 0.865. The summed E-state index contributed by atoms with van der Waals surface area (Å²) in [6, 6.07) is 6.44. The van der Waals surface area contributed by atoms with Crippen LogP contribution in [-0.2, 0) is 6.54 Å². The summed E-state index contributed by atoms with van der Waals surface area (Å²) in [6.45, 7) is 5.10. The maximum Gasteiger partial charge on any atom is 0.161 e. The predicted molar refractivity (Wildman–Crippen MR) is 68.8 cm³/mol. The minimum absolute atomic E-state index is 0. The second kappa shape index (κ2) is 7.36. The lowest BCUT2D eigenvalue weighted by molar-refractivity contribution is 0.354. The van der Waals surface area contributed by atoms with Gasteiger partial charge in [-0.2, -0.15) is 0 Å². The summed E-state index contributed by atoms with van der Waals surface area (Å²) in [5, 5.41) is 3.35. The largest absolute Gasteiger partial charge is 0.493 e. The van der Waals surface area contributed by atoms with Crippen molar-refractivity contribution in [1.82, 2.24) is 5.32 Å². The van der Waals surface area contributed by atoms with E-state index >= 15 is 0 Å². The minimum atomic E-state index is 0. The molecule has 0 unspecified atom stereocenters. The highest BCUT2D eigenvalue weighted by molar-refractivity contribution is 5.85. The third-order valence-corrected chi connectivity index (χ3v) is 2.16. The Morgan fingerprint density at radius 2 is 1.75 bits per heavy atom. The number of rotatable bonds is 5. The predicted octanol–water partition coefficient (Wildman–Crippen LogP) is 2.62. The molecule has 0 atom stereocenters. The van der Waals surface area contributed by atoms with Crippen LogP contribution in [0, 0.1) is 0 Å². The molecule has 92 valence electrons. The van der Waals surface area contributed by atoms with E-state index < -0.39 is 0 Å². The molecule has 0 amide bonds. The summed E-state index contributed by atoms with van der Waals surface area (Å²) < 4.78 is 10.4. The average Bonchev–Trinajstić information content (AvgIpc) is 2.25. The summed E-state index contributed by atoms with van der Waals surface area (Å²) in [7, 11) is 3.29. The van der Waals surface area contributed by atoms with E-state index in [1.807, 2.05) is 18.2 Å². The van der Waals surface area contributed by atoms with Crippen LogP contribution in [0.15, 0.2) is 18.2 Å². The smallest absolute Gasteiger partial charge is 0.161 e. The fourth-order valence-electron chi connectivity index (χ4n) is 1.31. The second-order valence-corrected chi connectivity index (χ2v) is 3.72. The van der Waals surface area contributed by atoms with Crippen molar-refractivity contribution in [2.24, 2.45) is 0 Å². The number of halogens is 1. The van der Waals surface area contributed by atoms with Gasteiger partial charge >= 0.3 is 0 Å². The molecule has 0 radical (unpaired) electrons. The molecule has 0 saturated carbocycles. The van der Waals surface area contributed by atoms with Crippen molar-refractivity contribution in [1.29, 1.82) is 0 Å². The highest BCUT2D eigenvalue weighted by Gasteiger charge is 2.04. The Morgan fingerprint density at radius 1 is 1.12 bits per heavy atom. The van der Waals surface area contributed by atoms with E-state index in [2.05, 4.69) is 19.2 Å². The molecule has 0 spiro atoms. The molecule has 1 aromatic rings. The molecule has 1 N–H and O–H groups in total. The standard InChI is InChI=1S/C12H19NO2.ClH/c1-9(2)13-8-10-5-6-11(14-3)12(7-10)15-4;/h5-7,9,13H,8H2,1-4H3;1H. The van der Waals surface area contributed by atoms with Gasteiger partial charge in [0.25, 0.3) is 0 Å². The Morgan fingerprint density at radius 3 is 2.25 bits per heavy atom. The fraction of sp³-hybridized carbons (Fsp3) is 0.500. The second-order valence-electron chi connectivity index (χ2n) is 3.72. The first-order valence-corrected chi connectivity index (χ1v) is 5.11. The van der Waals surface area contributed by atoms with Crippen LogP contribution in [0.4, 0.5) is 0 Å². The highest BCUT2D eigenvalue weighted by atomic mass is 35.5. The van der Waals surface area contributed by atoms with Crippen LogP contribution < -0.4 is 14.8 Å². The molecule has 0 heterocycles. The summed E-state index contributed by atoms with van der Waals surface area (Å²) in [5.74, 6) is 1.55. The van der Waals surface area contributed by atoms with Crippen LogP contribution >= 0.6 is 12.4 Å². The molecule has 0 fully saturated rings. The van der Waals surface area contributed by atoms with Crippen LogP contribution in [0.5, 0.6) is 11.5 Å². The maximum atomic E-state index is 5.23. The summed E-state index contributed by atoms with van der Waals surface area (Å²) in [5.41, 5.74) is 1.20. The number of methoxy groups -OCH3 is 2. The molecule has 0 aliphatic carbocycles. The van der Waals surface area contributed by atoms with Crippen molar-refractivity contribution in [2.75, 3.05) is 14.2 Å². The molecule has 0 bridgehead atoms. The Balaban J connectivity index is 0.00000225. The average molecular weight is 246 g/mol. The van der Waals surface area contributed by atoms with Crippen LogP contribution in [0.3, 0.4) is 0 Å². The van der Waals surface area contributed by atoms with Crippen molar-refractivity contribution in [2.45, 2.75) is 26.4 Å². The zero-order chi connectivity index (χ0) is 11.3. The van der Waals surface area contributed by atoms with E-state index in [0.29, 0.717) is 6.04 Å². The Bertz CT molecular complexity index is 316. The van der Waals surface area contributed by atoms with E-state index in [9.17, 15) is 0 Å². The molecule has 4 heteroatoms. The van der Waals surface area contributed by atoms with Gasteiger partial charge in [-0.05, 0) is 17.7 Å². The summed E-state index contributed by atoms with van der Waals surface area (Å²) in [6.07, 6.45) is 0. The number of nitrogens with one attached hydrogen (secondary N) is 1. The van der Waals surface area contributed by atoms with Gasteiger partial charge in [0.2, 0.25) is 0 Å². The Hall–Kier alpha value is -0.930. The van der Waals surface area contributed by atoms with Gasteiger partial charge in [0.15, 0.2) is 11.5 Å². The minimum Gasteiger partial charge on any atom is -0.493 e. The maximum absolute atomic E-state index is 5.23. The lowest BCUT2D eigenvalue weighted by Gasteiger charge is -2.11. The van der Waals surface area contributed by atoms with E-state index in [4.69, 9.17) is 9.47 Å². The van der Waals surface area contributed by atoms with Crippen LogP contribution in [-0.4, -0.2) is 20.3 Å². The van der Waals surface area contributed by atoms with Gasteiger partial charge in [-0.3, -0.25) is 0 Å². The first-order valence-electron chi connectivity index (χ1n) is 5.11. The van der Waals surface area contributed by atoms with Crippen LogP contribution in [0.1, 0.15) is 19.4 Å².